The quantitative estimate of drug-likeness (QED) is 0.366. The molecule has 21 heavy (non-hydrogen) atoms. The summed E-state index contributed by atoms with van der Waals surface area (Å²) < 4.78 is 10.7. The maximum atomic E-state index is 11.3. The fourth-order valence-corrected chi connectivity index (χ4v) is 1.75. The molecule has 0 heterocycles. The van der Waals surface area contributed by atoms with Gasteiger partial charge < -0.3 is 26.3 Å². The first-order valence-electron chi connectivity index (χ1n) is 6.80. The lowest BCUT2D eigenvalue weighted by molar-refractivity contribution is 0.0999. The monoisotopic (exact) mass is 293 g/mol. The molecule has 5 N–H and O–H groups in total. The SMILES string of the molecule is CC=CCNc1c(N)cc(C(N)=O)cc1OCCCOC. The van der Waals surface area contributed by atoms with Crippen LogP contribution in [0.4, 0.5) is 11.4 Å². The number of anilines is 2. The summed E-state index contributed by atoms with van der Waals surface area (Å²) in [6.45, 7) is 3.62. The molecule has 1 amide bonds. The second-order valence-corrected chi connectivity index (χ2v) is 4.45. The molecule has 0 saturated carbocycles. The molecule has 0 aliphatic heterocycles. The Balaban J connectivity index is 2.93. The highest BCUT2D eigenvalue weighted by Crippen LogP contribution is 2.32. The Kier molecular flexibility index (Phi) is 7.11. The normalized spacial score (nSPS) is 10.8. The molecule has 6 heteroatoms. The molecule has 0 radical (unpaired) electrons. The summed E-state index contributed by atoms with van der Waals surface area (Å²) >= 11 is 0. The Labute approximate surface area is 125 Å². The minimum Gasteiger partial charge on any atom is -0.491 e. The third kappa shape index (κ3) is 5.35. The number of carbonyl (C=O) groups is 1. The summed E-state index contributed by atoms with van der Waals surface area (Å²) in [5, 5.41) is 3.17. The van der Waals surface area contributed by atoms with E-state index >= 15 is 0 Å². The number of carbonyl (C=O) groups excluding carboxylic acids is 1. The Morgan fingerprint density at radius 3 is 2.76 bits per heavy atom. The van der Waals surface area contributed by atoms with Crippen molar-refractivity contribution in [1.29, 1.82) is 0 Å². The number of hydrogen-bond acceptors (Lipinski definition) is 5. The van der Waals surface area contributed by atoms with Crippen LogP contribution in [0.25, 0.3) is 0 Å². The second kappa shape index (κ2) is 8.86. The van der Waals surface area contributed by atoms with Crippen LogP contribution in [0.15, 0.2) is 24.3 Å². The topological polar surface area (TPSA) is 99.6 Å². The molecule has 1 aromatic rings. The number of ether oxygens (including phenoxy) is 2. The average Bonchev–Trinajstić information content (AvgIpc) is 2.45. The molecule has 0 bridgehead atoms. The van der Waals surface area contributed by atoms with E-state index in [-0.39, 0.29) is 0 Å². The predicted octanol–water partition coefficient (Wildman–Crippen LogP) is 1.77. The van der Waals surface area contributed by atoms with Crippen LogP contribution in [0, 0.1) is 0 Å². The first-order chi connectivity index (χ1) is 10.1. The lowest BCUT2D eigenvalue weighted by Gasteiger charge is -2.16. The van der Waals surface area contributed by atoms with Crippen LogP contribution in [0.3, 0.4) is 0 Å². The van der Waals surface area contributed by atoms with Gasteiger partial charge in [-0.2, -0.15) is 0 Å². The van der Waals surface area contributed by atoms with Gasteiger partial charge in [-0.3, -0.25) is 4.79 Å². The van der Waals surface area contributed by atoms with Crippen molar-refractivity contribution in [2.24, 2.45) is 5.73 Å². The zero-order valence-corrected chi connectivity index (χ0v) is 12.5. The van der Waals surface area contributed by atoms with Crippen molar-refractivity contribution in [2.75, 3.05) is 37.9 Å². The Hall–Kier alpha value is -2.21. The summed E-state index contributed by atoms with van der Waals surface area (Å²) in [5.74, 6) is -0.0205. The van der Waals surface area contributed by atoms with E-state index in [4.69, 9.17) is 20.9 Å². The van der Waals surface area contributed by atoms with E-state index in [1.165, 1.54) is 0 Å². The zero-order chi connectivity index (χ0) is 15.7. The third-order valence-electron chi connectivity index (χ3n) is 2.80. The van der Waals surface area contributed by atoms with Crippen molar-refractivity contribution in [3.63, 3.8) is 0 Å². The Bertz CT molecular complexity index is 501. The first-order valence-corrected chi connectivity index (χ1v) is 6.80. The van der Waals surface area contributed by atoms with Gasteiger partial charge in [0.25, 0.3) is 0 Å². The average molecular weight is 293 g/mol. The van der Waals surface area contributed by atoms with Crippen LogP contribution < -0.4 is 21.5 Å². The van der Waals surface area contributed by atoms with Gasteiger partial charge in [-0.15, -0.1) is 0 Å². The molecule has 0 atom stereocenters. The summed E-state index contributed by atoms with van der Waals surface area (Å²) in [6, 6.07) is 3.14. The molecule has 1 rings (SSSR count). The van der Waals surface area contributed by atoms with E-state index in [0.717, 1.165) is 6.42 Å². The van der Waals surface area contributed by atoms with Gasteiger partial charge in [-0.1, -0.05) is 12.2 Å². The molecule has 0 saturated heterocycles. The molecule has 0 fully saturated rings. The number of nitrogens with one attached hydrogen (secondary N) is 1. The van der Waals surface area contributed by atoms with Gasteiger partial charge in [0.05, 0.1) is 12.3 Å². The van der Waals surface area contributed by atoms with Crippen molar-refractivity contribution >= 4 is 17.3 Å². The minimum absolute atomic E-state index is 0.325. The number of amides is 1. The number of nitrogens with two attached hydrogens (primary N) is 2. The van der Waals surface area contributed by atoms with Gasteiger partial charge in [-0.25, -0.2) is 0 Å². The van der Waals surface area contributed by atoms with Gasteiger partial charge in [-0.05, 0) is 19.1 Å². The summed E-state index contributed by atoms with van der Waals surface area (Å²) in [6.07, 6.45) is 4.63. The highest BCUT2D eigenvalue weighted by atomic mass is 16.5. The molecular formula is C15H23N3O3. The zero-order valence-electron chi connectivity index (χ0n) is 12.5. The number of allylic oxidation sites excluding steroid dienone is 1. The molecule has 1 aromatic carbocycles. The van der Waals surface area contributed by atoms with E-state index in [1.54, 1.807) is 19.2 Å². The molecule has 0 spiro atoms. The van der Waals surface area contributed by atoms with Crippen LogP contribution in [0.1, 0.15) is 23.7 Å². The number of nitrogen functional groups attached to an aromatic ring is 1. The summed E-state index contributed by atoms with van der Waals surface area (Å²) in [7, 11) is 1.63. The molecular weight excluding hydrogens is 270 g/mol. The fraction of sp³-hybridized carbons (Fsp3) is 0.400. The first kappa shape index (κ1) is 16.8. The van der Waals surface area contributed by atoms with Crippen molar-refractivity contribution in [3.05, 3.63) is 29.8 Å². The Morgan fingerprint density at radius 2 is 2.14 bits per heavy atom. The molecule has 6 nitrogen and oxygen atoms in total. The van der Waals surface area contributed by atoms with Crippen molar-refractivity contribution in [3.8, 4) is 5.75 Å². The number of rotatable bonds is 9. The van der Waals surface area contributed by atoms with Crippen molar-refractivity contribution < 1.29 is 14.3 Å². The summed E-state index contributed by atoms with van der Waals surface area (Å²) in [4.78, 5) is 11.3. The summed E-state index contributed by atoms with van der Waals surface area (Å²) in [5.41, 5.74) is 12.7. The van der Waals surface area contributed by atoms with E-state index < -0.39 is 5.91 Å². The smallest absolute Gasteiger partial charge is 0.248 e. The van der Waals surface area contributed by atoms with Crippen molar-refractivity contribution in [1.82, 2.24) is 0 Å². The maximum Gasteiger partial charge on any atom is 0.248 e. The number of primary amides is 1. The molecule has 0 unspecified atom stereocenters. The van der Waals surface area contributed by atoms with Crippen molar-refractivity contribution in [2.45, 2.75) is 13.3 Å². The maximum absolute atomic E-state index is 11.3. The van der Waals surface area contributed by atoms with Gasteiger partial charge in [0.15, 0.2) is 0 Å². The van der Waals surface area contributed by atoms with E-state index in [1.807, 2.05) is 19.1 Å². The van der Waals surface area contributed by atoms with E-state index in [9.17, 15) is 4.79 Å². The number of benzene rings is 1. The van der Waals surface area contributed by atoms with Crippen LogP contribution in [0.5, 0.6) is 5.75 Å². The van der Waals surface area contributed by atoms with Gasteiger partial charge in [0.1, 0.15) is 11.4 Å². The van der Waals surface area contributed by atoms with Crippen LogP contribution >= 0.6 is 0 Å². The van der Waals surface area contributed by atoms with Gasteiger partial charge >= 0.3 is 0 Å². The van der Waals surface area contributed by atoms with Crippen LogP contribution in [-0.2, 0) is 4.74 Å². The Morgan fingerprint density at radius 1 is 1.38 bits per heavy atom. The van der Waals surface area contributed by atoms with Gasteiger partial charge in [0, 0.05) is 32.2 Å². The fourth-order valence-electron chi connectivity index (χ4n) is 1.75. The molecule has 0 aromatic heterocycles. The van der Waals surface area contributed by atoms with Crippen LogP contribution in [0.2, 0.25) is 0 Å². The number of hydrogen-bond donors (Lipinski definition) is 3. The third-order valence-corrected chi connectivity index (χ3v) is 2.80. The molecule has 116 valence electrons. The second-order valence-electron chi connectivity index (χ2n) is 4.45. The van der Waals surface area contributed by atoms with Gasteiger partial charge in [0.2, 0.25) is 5.91 Å². The van der Waals surface area contributed by atoms with E-state index in [2.05, 4.69) is 5.32 Å². The lowest BCUT2D eigenvalue weighted by Crippen LogP contribution is -2.14. The highest BCUT2D eigenvalue weighted by Gasteiger charge is 2.12. The minimum atomic E-state index is -0.538. The van der Waals surface area contributed by atoms with Crippen LogP contribution in [-0.4, -0.2) is 32.8 Å². The number of methoxy groups -OCH3 is 1. The highest BCUT2D eigenvalue weighted by molar-refractivity contribution is 5.96. The predicted molar refractivity (Wildman–Crippen MR) is 84.7 cm³/mol. The molecule has 0 aliphatic rings. The largest absolute Gasteiger partial charge is 0.491 e. The molecule has 0 aliphatic carbocycles. The standard InChI is InChI=1S/C15H23N3O3/c1-3-4-6-18-14-12(16)9-11(15(17)19)10-13(14)21-8-5-7-20-2/h3-4,9-10,18H,5-8,16H2,1-2H3,(H2,17,19). The van der Waals surface area contributed by atoms with E-state index in [0.29, 0.717) is 42.4 Å². The lowest BCUT2D eigenvalue weighted by atomic mass is 10.1.